The van der Waals surface area contributed by atoms with E-state index >= 15 is 0 Å². The zero-order valence-corrected chi connectivity index (χ0v) is 16.0. The summed E-state index contributed by atoms with van der Waals surface area (Å²) in [6.07, 6.45) is 2.29. The first-order chi connectivity index (χ1) is 12.9. The lowest BCUT2D eigenvalue weighted by molar-refractivity contribution is -0.135. The monoisotopic (exact) mass is 363 g/mol. The van der Waals surface area contributed by atoms with Crippen molar-refractivity contribution in [3.8, 4) is 16.9 Å². The molecule has 0 saturated carbocycles. The van der Waals surface area contributed by atoms with E-state index in [1.165, 1.54) is 4.90 Å². The van der Waals surface area contributed by atoms with E-state index < -0.39 is 5.54 Å². The van der Waals surface area contributed by atoms with Gasteiger partial charge in [0.05, 0.1) is 18.6 Å². The number of amides is 1. The lowest BCUT2D eigenvalue weighted by Crippen LogP contribution is -2.63. The van der Waals surface area contributed by atoms with E-state index in [4.69, 9.17) is 10.1 Å². The number of allylic oxidation sites excluding steroid dienone is 1. The molecule has 5 nitrogen and oxygen atoms in total. The quantitative estimate of drug-likeness (QED) is 0.795. The van der Waals surface area contributed by atoms with E-state index in [0.717, 1.165) is 22.4 Å². The van der Waals surface area contributed by atoms with Crippen LogP contribution in [0.5, 0.6) is 5.75 Å². The van der Waals surface area contributed by atoms with Gasteiger partial charge in [0.25, 0.3) is 0 Å². The van der Waals surface area contributed by atoms with Gasteiger partial charge in [-0.05, 0) is 48.2 Å². The number of methoxy groups -OCH3 is 1. The number of carbonyl (C=O) groups excluding carboxylic acids is 1. The molecule has 0 bridgehead atoms. The highest BCUT2D eigenvalue weighted by molar-refractivity contribution is 6.00. The summed E-state index contributed by atoms with van der Waals surface area (Å²) in [5.41, 5.74) is 2.34. The predicted octanol–water partition coefficient (Wildman–Crippen LogP) is 3.77. The molecule has 0 unspecified atom stereocenters. The SMILES string of the molecule is C=CC[C@H]1C(=O)N(C)C(=N)N[C@]1(C)c1cccc(-c2cccc(OC)c2)c1. The second-order valence-corrected chi connectivity index (χ2v) is 6.96. The van der Waals surface area contributed by atoms with E-state index in [2.05, 4.69) is 18.0 Å². The zero-order valence-electron chi connectivity index (χ0n) is 16.0. The fourth-order valence-electron chi connectivity index (χ4n) is 3.61. The van der Waals surface area contributed by atoms with Gasteiger partial charge in [0.1, 0.15) is 5.75 Å². The Morgan fingerprint density at radius 2 is 1.93 bits per heavy atom. The van der Waals surface area contributed by atoms with Gasteiger partial charge in [0, 0.05) is 7.05 Å². The molecule has 1 amide bonds. The van der Waals surface area contributed by atoms with Crippen LogP contribution >= 0.6 is 0 Å². The highest BCUT2D eigenvalue weighted by Gasteiger charge is 2.46. The Labute approximate surface area is 160 Å². The normalized spacial score (nSPS) is 22.3. The van der Waals surface area contributed by atoms with Crippen molar-refractivity contribution in [1.82, 2.24) is 10.2 Å². The molecule has 1 heterocycles. The van der Waals surface area contributed by atoms with Crippen LogP contribution in [0.4, 0.5) is 0 Å². The third kappa shape index (κ3) is 3.33. The first-order valence-corrected chi connectivity index (χ1v) is 8.91. The van der Waals surface area contributed by atoms with Crippen molar-refractivity contribution in [3.05, 3.63) is 66.7 Å². The van der Waals surface area contributed by atoms with Crippen molar-refractivity contribution in [3.63, 3.8) is 0 Å². The van der Waals surface area contributed by atoms with Crippen LogP contribution in [0, 0.1) is 11.3 Å². The first-order valence-electron chi connectivity index (χ1n) is 8.91. The number of ether oxygens (including phenoxy) is 1. The van der Waals surface area contributed by atoms with Crippen LogP contribution in [-0.2, 0) is 10.3 Å². The molecule has 1 fully saturated rings. The van der Waals surface area contributed by atoms with Crippen LogP contribution in [0.3, 0.4) is 0 Å². The lowest BCUT2D eigenvalue weighted by Gasteiger charge is -2.45. The molecule has 0 aliphatic carbocycles. The molecule has 2 aromatic carbocycles. The Morgan fingerprint density at radius 1 is 1.26 bits per heavy atom. The van der Waals surface area contributed by atoms with Crippen LogP contribution in [-0.4, -0.2) is 30.9 Å². The molecule has 1 aliphatic heterocycles. The van der Waals surface area contributed by atoms with Crippen LogP contribution in [0.15, 0.2) is 61.2 Å². The number of guanidine groups is 1. The summed E-state index contributed by atoms with van der Waals surface area (Å²) in [6, 6.07) is 16.0. The molecule has 3 rings (SSSR count). The molecule has 0 aromatic heterocycles. The first kappa shape index (κ1) is 18.7. The molecule has 140 valence electrons. The van der Waals surface area contributed by atoms with Crippen molar-refractivity contribution >= 4 is 11.9 Å². The topological polar surface area (TPSA) is 65.4 Å². The number of nitrogens with zero attached hydrogens (tertiary/aromatic N) is 1. The summed E-state index contributed by atoms with van der Waals surface area (Å²) in [6.45, 7) is 5.79. The fourth-order valence-corrected chi connectivity index (χ4v) is 3.61. The van der Waals surface area contributed by atoms with Crippen molar-refractivity contribution in [2.45, 2.75) is 18.9 Å². The number of nitrogens with one attached hydrogen (secondary N) is 2. The summed E-state index contributed by atoms with van der Waals surface area (Å²) in [5.74, 6) is 0.486. The maximum atomic E-state index is 12.8. The van der Waals surface area contributed by atoms with E-state index in [9.17, 15) is 4.79 Å². The molecule has 27 heavy (non-hydrogen) atoms. The second kappa shape index (κ2) is 7.27. The Hall–Kier alpha value is -3.08. The van der Waals surface area contributed by atoms with Crippen LogP contribution < -0.4 is 10.1 Å². The van der Waals surface area contributed by atoms with Crippen LogP contribution in [0.1, 0.15) is 18.9 Å². The number of hydrogen-bond donors (Lipinski definition) is 2. The maximum absolute atomic E-state index is 12.8. The van der Waals surface area contributed by atoms with Gasteiger partial charge in [-0.25, -0.2) is 0 Å². The predicted molar refractivity (Wildman–Crippen MR) is 108 cm³/mol. The van der Waals surface area contributed by atoms with Gasteiger partial charge in [-0.2, -0.15) is 0 Å². The van der Waals surface area contributed by atoms with Crippen molar-refractivity contribution in [1.29, 1.82) is 5.41 Å². The van der Waals surface area contributed by atoms with Gasteiger partial charge in [-0.3, -0.25) is 15.1 Å². The third-order valence-electron chi connectivity index (χ3n) is 5.31. The minimum atomic E-state index is -0.691. The van der Waals surface area contributed by atoms with Crippen molar-refractivity contribution in [2.75, 3.05) is 14.2 Å². The van der Waals surface area contributed by atoms with Gasteiger partial charge < -0.3 is 10.1 Å². The molecule has 2 N–H and O–H groups in total. The standard InChI is InChI=1S/C22H25N3O2/c1-5-8-19-20(26)25(3)21(23)24-22(19,2)17-11-6-9-15(13-17)16-10-7-12-18(14-16)27-4/h5-7,9-14,19H,1,8H2,2-4H3,(H2,23,24)/t19-,22+/m0/s1. The smallest absolute Gasteiger partial charge is 0.235 e. The Balaban J connectivity index is 2.07. The average molecular weight is 363 g/mol. The van der Waals surface area contributed by atoms with Crippen LogP contribution in [0.2, 0.25) is 0 Å². The molecule has 0 spiro atoms. The van der Waals surface area contributed by atoms with Crippen LogP contribution in [0.25, 0.3) is 11.1 Å². The van der Waals surface area contributed by atoms with Gasteiger partial charge in [0.15, 0.2) is 5.96 Å². The molecule has 0 radical (unpaired) electrons. The number of rotatable bonds is 5. The summed E-state index contributed by atoms with van der Waals surface area (Å²) in [4.78, 5) is 14.2. The summed E-state index contributed by atoms with van der Waals surface area (Å²) in [5, 5.41) is 11.4. The van der Waals surface area contributed by atoms with Crippen molar-refractivity contribution in [2.24, 2.45) is 5.92 Å². The highest BCUT2D eigenvalue weighted by Crippen LogP contribution is 2.38. The number of benzene rings is 2. The Kier molecular flexibility index (Phi) is 5.04. The molecule has 1 aliphatic rings. The molecule has 5 heteroatoms. The zero-order chi connectivity index (χ0) is 19.6. The second-order valence-electron chi connectivity index (χ2n) is 6.96. The molecule has 2 aromatic rings. The summed E-state index contributed by atoms with van der Waals surface area (Å²) >= 11 is 0. The average Bonchev–Trinajstić information content (AvgIpc) is 2.70. The van der Waals surface area contributed by atoms with E-state index in [1.807, 2.05) is 49.4 Å². The lowest BCUT2D eigenvalue weighted by atomic mass is 9.75. The van der Waals surface area contributed by atoms with Crippen molar-refractivity contribution < 1.29 is 9.53 Å². The highest BCUT2D eigenvalue weighted by atomic mass is 16.5. The van der Waals surface area contributed by atoms with Gasteiger partial charge in [0.2, 0.25) is 5.91 Å². The minimum Gasteiger partial charge on any atom is -0.497 e. The molecular formula is C22H25N3O2. The summed E-state index contributed by atoms with van der Waals surface area (Å²) < 4.78 is 5.33. The number of carbonyl (C=O) groups is 1. The summed E-state index contributed by atoms with van der Waals surface area (Å²) in [7, 11) is 3.27. The van der Waals surface area contributed by atoms with E-state index in [0.29, 0.717) is 6.42 Å². The van der Waals surface area contributed by atoms with Gasteiger partial charge in [-0.1, -0.05) is 36.4 Å². The van der Waals surface area contributed by atoms with Gasteiger partial charge in [-0.15, -0.1) is 6.58 Å². The van der Waals surface area contributed by atoms with E-state index in [1.54, 1.807) is 20.2 Å². The number of hydrogen-bond acceptors (Lipinski definition) is 3. The van der Waals surface area contributed by atoms with E-state index in [-0.39, 0.29) is 17.8 Å². The Morgan fingerprint density at radius 3 is 2.59 bits per heavy atom. The largest absolute Gasteiger partial charge is 0.497 e. The third-order valence-corrected chi connectivity index (χ3v) is 5.31. The molecule has 1 saturated heterocycles. The molecule has 2 atom stereocenters. The minimum absolute atomic E-state index is 0.0760. The Bertz CT molecular complexity index is 893. The maximum Gasteiger partial charge on any atom is 0.235 e. The van der Waals surface area contributed by atoms with Gasteiger partial charge >= 0.3 is 0 Å². The molecular weight excluding hydrogens is 338 g/mol. The fraction of sp³-hybridized carbons (Fsp3) is 0.273.